The van der Waals surface area contributed by atoms with Crippen molar-refractivity contribution in [2.75, 3.05) is 20.2 Å². The van der Waals surface area contributed by atoms with Crippen LogP contribution in [0, 0.1) is 0 Å². The number of nitrogens with one attached hydrogen (secondary N) is 1. The Morgan fingerprint density at radius 2 is 2.00 bits per heavy atom. The summed E-state index contributed by atoms with van der Waals surface area (Å²) in [5.41, 5.74) is 8.40. The van der Waals surface area contributed by atoms with Gasteiger partial charge in [0.2, 0.25) is 0 Å². The number of benzene rings is 2. The van der Waals surface area contributed by atoms with Crippen LogP contribution in [0.1, 0.15) is 11.1 Å². The predicted molar refractivity (Wildman–Crippen MR) is 111 cm³/mol. The van der Waals surface area contributed by atoms with E-state index in [1.165, 1.54) is 11.1 Å². The van der Waals surface area contributed by atoms with Crippen LogP contribution >= 0.6 is 24.0 Å². The molecule has 5 nitrogen and oxygen atoms in total. The maximum absolute atomic E-state index is 5.93. The minimum Gasteiger partial charge on any atom is -0.497 e. The number of fused-ring (bicyclic) bond motifs is 1. The number of hydrogen-bond donors (Lipinski definition) is 2. The molecule has 6 heteroatoms. The molecule has 0 aliphatic carbocycles. The molecule has 0 amide bonds. The third kappa shape index (κ3) is 5.52. The molecule has 0 saturated heterocycles. The number of aliphatic imine (C=N–C) groups is 1. The van der Waals surface area contributed by atoms with E-state index in [0.717, 1.165) is 30.9 Å². The lowest BCUT2D eigenvalue weighted by atomic mass is 10.1. The van der Waals surface area contributed by atoms with Gasteiger partial charge in [0.25, 0.3) is 0 Å². The molecule has 134 valence electrons. The zero-order chi connectivity index (χ0) is 16.8. The fourth-order valence-electron chi connectivity index (χ4n) is 2.74. The monoisotopic (exact) mass is 453 g/mol. The van der Waals surface area contributed by atoms with Crippen LogP contribution in [0.2, 0.25) is 0 Å². The van der Waals surface area contributed by atoms with E-state index in [0.29, 0.717) is 12.5 Å². The zero-order valence-electron chi connectivity index (χ0n) is 14.3. The van der Waals surface area contributed by atoms with Crippen molar-refractivity contribution in [2.45, 2.75) is 18.9 Å². The van der Waals surface area contributed by atoms with Crippen LogP contribution in [0.4, 0.5) is 0 Å². The quantitative estimate of drug-likeness (QED) is 0.401. The lowest BCUT2D eigenvalue weighted by molar-refractivity contribution is 0.242. The number of guanidine groups is 1. The van der Waals surface area contributed by atoms with Gasteiger partial charge in [-0.15, -0.1) is 24.0 Å². The lowest BCUT2D eigenvalue weighted by Gasteiger charge is -2.09. The Bertz CT molecular complexity index is 679. The Kier molecular flexibility index (Phi) is 7.36. The first-order chi connectivity index (χ1) is 11.7. The summed E-state index contributed by atoms with van der Waals surface area (Å²) >= 11 is 0. The van der Waals surface area contributed by atoms with E-state index >= 15 is 0 Å². The van der Waals surface area contributed by atoms with Crippen LogP contribution in [0.15, 0.2) is 53.5 Å². The summed E-state index contributed by atoms with van der Waals surface area (Å²) in [6.07, 6.45) is 1.84. The smallest absolute Gasteiger partial charge is 0.188 e. The van der Waals surface area contributed by atoms with E-state index in [2.05, 4.69) is 28.5 Å². The molecule has 1 atom stereocenters. The van der Waals surface area contributed by atoms with Crippen molar-refractivity contribution >= 4 is 29.9 Å². The summed E-state index contributed by atoms with van der Waals surface area (Å²) in [4.78, 5) is 4.39. The predicted octanol–water partition coefficient (Wildman–Crippen LogP) is 2.76. The lowest BCUT2D eigenvalue weighted by Crippen LogP contribution is -2.34. The second kappa shape index (κ2) is 9.50. The van der Waals surface area contributed by atoms with E-state index < -0.39 is 0 Å². The van der Waals surface area contributed by atoms with Gasteiger partial charge < -0.3 is 20.5 Å². The fraction of sp³-hybridized carbons (Fsp3) is 0.316. The Morgan fingerprint density at radius 3 is 2.72 bits per heavy atom. The molecule has 0 saturated carbocycles. The summed E-state index contributed by atoms with van der Waals surface area (Å²) in [6, 6.07) is 16.1. The Balaban J connectivity index is 0.00000225. The molecule has 1 unspecified atom stereocenters. The largest absolute Gasteiger partial charge is 0.497 e. The summed E-state index contributed by atoms with van der Waals surface area (Å²) in [6.45, 7) is 1.31. The van der Waals surface area contributed by atoms with Crippen LogP contribution in [-0.4, -0.2) is 32.3 Å². The highest BCUT2D eigenvalue weighted by atomic mass is 127. The van der Waals surface area contributed by atoms with Gasteiger partial charge >= 0.3 is 0 Å². The molecule has 1 aliphatic rings. The summed E-state index contributed by atoms with van der Waals surface area (Å²) < 4.78 is 11.0. The number of ether oxygens (including phenoxy) is 2. The molecule has 3 rings (SSSR count). The van der Waals surface area contributed by atoms with Gasteiger partial charge in [0, 0.05) is 13.0 Å². The normalized spacial score (nSPS) is 15.7. The molecule has 1 heterocycles. The molecule has 0 bridgehead atoms. The van der Waals surface area contributed by atoms with Crippen molar-refractivity contribution in [3.05, 3.63) is 59.7 Å². The minimum absolute atomic E-state index is 0. The standard InChI is InChI=1S/C19H23N3O2.HI/c1-23-16-8-6-14(7-9-16)10-11-21-19(20)22-13-17-12-15-4-2-3-5-18(15)24-17;/h2-9,17H,10-13H2,1H3,(H3,20,21,22);1H. The molecule has 1 aliphatic heterocycles. The third-order valence-corrected chi connectivity index (χ3v) is 4.06. The number of hydrogen-bond acceptors (Lipinski definition) is 3. The second-order valence-electron chi connectivity index (χ2n) is 5.80. The summed E-state index contributed by atoms with van der Waals surface area (Å²) in [7, 11) is 1.67. The van der Waals surface area contributed by atoms with Gasteiger partial charge in [-0.2, -0.15) is 0 Å². The Morgan fingerprint density at radius 1 is 1.24 bits per heavy atom. The first-order valence-electron chi connectivity index (χ1n) is 8.16. The maximum Gasteiger partial charge on any atom is 0.188 e. The van der Waals surface area contributed by atoms with E-state index in [9.17, 15) is 0 Å². The molecular weight excluding hydrogens is 429 g/mol. The van der Waals surface area contributed by atoms with Gasteiger partial charge in [0.05, 0.1) is 13.7 Å². The van der Waals surface area contributed by atoms with Crippen molar-refractivity contribution in [3.63, 3.8) is 0 Å². The average Bonchev–Trinajstić information content (AvgIpc) is 3.03. The molecule has 3 N–H and O–H groups in total. The molecule has 2 aromatic rings. The average molecular weight is 453 g/mol. The molecule has 0 fully saturated rings. The van der Waals surface area contributed by atoms with Gasteiger partial charge in [-0.3, -0.25) is 0 Å². The van der Waals surface area contributed by atoms with E-state index in [1.54, 1.807) is 7.11 Å². The van der Waals surface area contributed by atoms with Gasteiger partial charge in [0.15, 0.2) is 5.96 Å². The van der Waals surface area contributed by atoms with Crippen LogP contribution in [0.3, 0.4) is 0 Å². The number of nitrogens with zero attached hydrogens (tertiary/aromatic N) is 1. The Hall–Kier alpha value is -1.96. The van der Waals surface area contributed by atoms with E-state index in [1.807, 2.05) is 30.3 Å². The highest BCUT2D eigenvalue weighted by molar-refractivity contribution is 14.0. The first-order valence-corrected chi connectivity index (χ1v) is 8.16. The molecule has 0 aromatic heterocycles. The summed E-state index contributed by atoms with van der Waals surface area (Å²) in [5.74, 6) is 2.29. The first kappa shape index (κ1) is 19.4. The molecular formula is C19H24IN3O2. The number of rotatable bonds is 6. The molecule has 0 radical (unpaired) electrons. The maximum atomic E-state index is 5.93. The van der Waals surface area contributed by atoms with Crippen molar-refractivity contribution in [1.82, 2.24) is 5.32 Å². The van der Waals surface area contributed by atoms with Crippen LogP contribution in [0.5, 0.6) is 11.5 Å². The molecule has 2 aromatic carbocycles. The summed E-state index contributed by atoms with van der Waals surface area (Å²) in [5, 5.41) is 3.15. The molecule has 0 spiro atoms. The number of para-hydroxylation sites is 1. The second-order valence-corrected chi connectivity index (χ2v) is 5.80. The number of nitrogens with two attached hydrogens (primary N) is 1. The fourth-order valence-corrected chi connectivity index (χ4v) is 2.74. The van der Waals surface area contributed by atoms with Crippen LogP contribution in [-0.2, 0) is 12.8 Å². The van der Waals surface area contributed by atoms with Gasteiger partial charge in [0.1, 0.15) is 17.6 Å². The van der Waals surface area contributed by atoms with E-state index in [-0.39, 0.29) is 30.1 Å². The highest BCUT2D eigenvalue weighted by Crippen LogP contribution is 2.28. The van der Waals surface area contributed by atoms with Crippen molar-refractivity contribution in [3.8, 4) is 11.5 Å². The highest BCUT2D eigenvalue weighted by Gasteiger charge is 2.21. The van der Waals surface area contributed by atoms with Crippen molar-refractivity contribution in [1.29, 1.82) is 0 Å². The Labute approximate surface area is 165 Å². The molecule has 25 heavy (non-hydrogen) atoms. The number of methoxy groups -OCH3 is 1. The number of halogens is 1. The van der Waals surface area contributed by atoms with Crippen molar-refractivity contribution < 1.29 is 9.47 Å². The van der Waals surface area contributed by atoms with Crippen LogP contribution < -0.4 is 20.5 Å². The third-order valence-electron chi connectivity index (χ3n) is 4.06. The van der Waals surface area contributed by atoms with Crippen LogP contribution in [0.25, 0.3) is 0 Å². The van der Waals surface area contributed by atoms with Gasteiger partial charge in [-0.25, -0.2) is 4.99 Å². The SMILES string of the molecule is COc1ccc(CCNC(N)=NCC2Cc3ccccc3O2)cc1.I. The van der Waals surface area contributed by atoms with Crippen molar-refractivity contribution in [2.24, 2.45) is 10.7 Å². The minimum atomic E-state index is 0. The zero-order valence-corrected chi connectivity index (χ0v) is 16.6. The topological polar surface area (TPSA) is 68.9 Å². The van der Waals surface area contributed by atoms with Gasteiger partial charge in [-0.05, 0) is 35.7 Å². The van der Waals surface area contributed by atoms with E-state index in [4.69, 9.17) is 15.2 Å². The van der Waals surface area contributed by atoms with Gasteiger partial charge in [-0.1, -0.05) is 30.3 Å².